The van der Waals surface area contributed by atoms with Crippen LogP contribution in [0, 0.1) is 0 Å². The summed E-state index contributed by atoms with van der Waals surface area (Å²) in [6, 6.07) is 1.80. The first-order chi connectivity index (χ1) is 39.0. The summed E-state index contributed by atoms with van der Waals surface area (Å²) in [5.74, 6) is -8.69. The van der Waals surface area contributed by atoms with E-state index < -0.39 is 102 Å². The fourth-order valence-electron chi connectivity index (χ4n) is 8.15. The number of ether oxygens (including phenoxy) is 1. The molecule has 0 saturated carbocycles. The summed E-state index contributed by atoms with van der Waals surface area (Å²) in [5, 5.41) is 38.9. The number of H-pyrrole nitrogens is 1. The number of aromatic hydroxyl groups is 1. The van der Waals surface area contributed by atoms with E-state index >= 15 is 0 Å². The number of methoxy groups -OCH3 is 1. The summed E-state index contributed by atoms with van der Waals surface area (Å²) in [5.41, 5.74) is 40.9. The van der Waals surface area contributed by atoms with E-state index in [1.54, 1.807) is 30.5 Å². The molecule has 0 fully saturated rings. The standard InChI is InChI=1S/C51H80N18O11S2/c1-3-4-11-34(63-41(71)32(52)10-7-18-59-49(53)54)43(73)68-39(25-81)47(77)64-35(13-8-19-60-50(55)56)42(72)65-36(20-27-14-16-29(70)17-15-27)44(74)67-38(22-30(80-2)24-62-51(57)58)46(76)66-37(45(75)69-40(26-82)48(78)79)21-28-23-61-33-12-6-5-9-31(28)33/h5-6,9,12,14-17,23,30,32,34-40,61,70,81-82H,3-4,7-8,10-11,13,18-22,24-26,52H2,1-2H3,(H,63,71)(H,64,77)(H,65,72)(H,66,76)(H,67,74)(H,68,73)(H,69,75)(H,78,79)(H4,53,54,59)(H4,55,56,60)(H4,57,58,62)/t30?,32-,34-,35-,36+,37+,38-,39-,40-/m0/s1. The fraction of sp³-hybridized carbons (Fsp3) is 0.510. The number of carbonyl (C=O) groups excluding carboxylic acids is 7. The van der Waals surface area contributed by atoms with Gasteiger partial charge in [0.1, 0.15) is 48.0 Å². The van der Waals surface area contributed by atoms with Crippen molar-refractivity contribution in [2.24, 2.45) is 55.1 Å². The van der Waals surface area contributed by atoms with Crippen LogP contribution in [0.4, 0.5) is 0 Å². The number of nitrogens with one attached hydrogen (secondary N) is 8. The van der Waals surface area contributed by atoms with Gasteiger partial charge in [-0.3, -0.25) is 48.5 Å². The number of aromatic nitrogens is 1. The SMILES string of the molecule is CCCC[C@H](NC(=O)[C@@H](N)CCCN=C(N)N)C(=O)N[C@@H](CS)C(=O)N[C@@H](CCCN=C(N)N)C(=O)N[C@H](Cc1ccc(O)cc1)C(=O)N[C@@H](CC(CN=C(N)N)OC)C(=O)N[C@H](Cc1c[nH]c2ccccc12)C(=O)N[C@@H](CS)C(=O)O. The number of nitrogens with zero attached hydrogens (tertiary/aromatic N) is 3. The second-order valence-corrected chi connectivity index (χ2v) is 19.8. The smallest absolute Gasteiger partial charge is 0.327 e. The zero-order valence-electron chi connectivity index (χ0n) is 45.8. The monoisotopic (exact) mass is 1180 g/mol. The molecular weight excluding hydrogens is 1100 g/mol. The van der Waals surface area contributed by atoms with Gasteiger partial charge in [-0.05, 0) is 61.4 Å². The van der Waals surface area contributed by atoms with Crippen LogP contribution in [-0.2, 0) is 55.9 Å². The molecule has 0 aliphatic carbocycles. The Hall–Kier alpha value is -8.03. The molecule has 0 aliphatic rings. The van der Waals surface area contributed by atoms with Crippen molar-refractivity contribution in [3.8, 4) is 5.75 Å². The van der Waals surface area contributed by atoms with Crippen molar-refractivity contribution in [1.29, 1.82) is 0 Å². The number of hydrogen-bond acceptors (Lipinski definition) is 16. The Kier molecular flexibility index (Phi) is 29.7. The number of fused-ring (bicyclic) bond motifs is 1. The van der Waals surface area contributed by atoms with Crippen molar-refractivity contribution in [2.75, 3.05) is 38.2 Å². The van der Waals surface area contributed by atoms with Crippen LogP contribution in [0.25, 0.3) is 10.9 Å². The highest BCUT2D eigenvalue weighted by atomic mass is 32.1. The van der Waals surface area contributed by atoms with Crippen LogP contribution in [0.1, 0.15) is 69.4 Å². The second-order valence-electron chi connectivity index (χ2n) is 19.1. The van der Waals surface area contributed by atoms with E-state index in [4.69, 9.17) is 44.9 Å². The van der Waals surface area contributed by atoms with Crippen LogP contribution >= 0.6 is 25.3 Å². The highest BCUT2D eigenvalue weighted by Gasteiger charge is 2.36. The number of phenols is 1. The van der Waals surface area contributed by atoms with Crippen LogP contribution < -0.4 is 77.4 Å². The zero-order valence-corrected chi connectivity index (χ0v) is 47.6. The number of para-hydroxylation sites is 1. The number of aliphatic imine (C=N–C) groups is 3. The van der Waals surface area contributed by atoms with Crippen molar-refractivity contribution in [2.45, 2.75) is 126 Å². The molecule has 24 N–H and O–H groups in total. The summed E-state index contributed by atoms with van der Waals surface area (Å²) in [6.45, 7) is 1.92. The minimum absolute atomic E-state index is 0.00358. The highest BCUT2D eigenvalue weighted by molar-refractivity contribution is 7.80. The van der Waals surface area contributed by atoms with Gasteiger partial charge < -0.3 is 97.3 Å². The lowest BCUT2D eigenvalue weighted by atomic mass is 10.0. The number of carboxylic acid groups (broad SMARTS) is 1. The molecule has 3 aromatic rings. The van der Waals surface area contributed by atoms with E-state index in [1.165, 1.54) is 31.4 Å². The Morgan fingerprint density at radius 3 is 1.60 bits per heavy atom. The van der Waals surface area contributed by atoms with Crippen LogP contribution in [-0.4, -0.2) is 173 Å². The van der Waals surface area contributed by atoms with E-state index in [0.29, 0.717) is 41.3 Å². The summed E-state index contributed by atoms with van der Waals surface area (Å²) in [7, 11) is 1.31. The number of aliphatic carboxylic acids is 1. The number of phenolic OH excluding ortho intramolecular Hbond substituents is 1. The fourth-order valence-corrected chi connectivity index (χ4v) is 8.65. The first kappa shape index (κ1) is 68.2. The van der Waals surface area contributed by atoms with Crippen LogP contribution in [0.2, 0.25) is 0 Å². The molecular formula is C51H80N18O11S2. The zero-order chi connectivity index (χ0) is 60.9. The van der Waals surface area contributed by atoms with Gasteiger partial charge in [-0.1, -0.05) is 50.1 Å². The van der Waals surface area contributed by atoms with Gasteiger partial charge in [0.15, 0.2) is 17.9 Å². The maximum absolute atomic E-state index is 14.8. The van der Waals surface area contributed by atoms with Gasteiger partial charge in [0.2, 0.25) is 41.4 Å². The Balaban J connectivity index is 2.03. The number of aromatic amines is 1. The second kappa shape index (κ2) is 35.6. The summed E-state index contributed by atoms with van der Waals surface area (Å²) in [4.78, 5) is 126. The number of carboxylic acids is 1. The molecule has 3 rings (SSSR count). The maximum Gasteiger partial charge on any atom is 0.327 e. The van der Waals surface area contributed by atoms with Gasteiger partial charge in [0, 0.05) is 68.1 Å². The van der Waals surface area contributed by atoms with E-state index in [1.807, 2.05) is 6.92 Å². The molecule has 2 aromatic carbocycles. The molecule has 1 aromatic heterocycles. The van der Waals surface area contributed by atoms with Crippen molar-refractivity contribution in [3.63, 3.8) is 0 Å². The van der Waals surface area contributed by atoms with Crippen molar-refractivity contribution < 1.29 is 53.3 Å². The molecule has 82 heavy (non-hydrogen) atoms. The van der Waals surface area contributed by atoms with Gasteiger partial charge in [-0.25, -0.2) is 4.79 Å². The molecule has 0 radical (unpaired) electrons. The number of hydrogen-bond donors (Lipinski definition) is 19. The molecule has 0 spiro atoms. The number of thiol groups is 2. The van der Waals surface area contributed by atoms with E-state index in [2.05, 4.69) is 82.4 Å². The largest absolute Gasteiger partial charge is 0.508 e. The number of rotatable bonds is 37. The first-order valence-electron chi connectivity index (χ1n) is 26.3. The molecule has 1 heterocycles. The van der Waals surface area contributed by atoms with E-state index in [0.717, 1.165) is 0 Å². The lowest BCUT2D eigenvalue weighted by molar-refractivity contribution is -0.141. The van der Waals surface area contributed by atoms with Crippen molar-refractivity contribution in [3.05, 3.63) is 65.9 Å². The quantitative estimate of drug-likeness (QED) is 0.0114. The Morgan fingerprint density at radius 2 is 1.05 bits per heavy atom. The number of nitrogens with two attached hydrogens (primary N) is 7. The first-order valence-corrected chi connectivity index (χ1v) is 27.6. The van der Waals surface area contributed by atoms with Gasteiger partial charge in [0.25, 0.3) is 0 Å². The third-order valence-electron chi connectivity index (χ3n) is 12.7. The van der Waals surface area contributed by atoms with Gasteiger partial charge in [-0.2, -0.15) is 25.3 Å². The third kappa shape index (κ3) is 24.0. The lowest BCUT2D eigenvalue weighted by Crippen LogP contribution is -2.61. The number of benzene rings is 2. The molecule has 31 heteroatoms. The maximum atomic E-state index is 14.8. The lowest BCUT2D eigenvalue weighted by Gasteiger charge is -2.29. The molecule has 9 atom stereocenters. The van der Waals surface area contributed by atoms with Crippen LogP contribution in [0.5, 0.6) is 5.75 Å². The number of guanidine groups is 3. The Labute approximate surface area is 485 Å². The van der Waals surface area contributed by atoms with E-state index in [-0.39, 0.29) is 99.7 Å². The Bertz CT molecular complexity index is 2680. The average molecular weight is 1190 g/mol. The molecule has 452 valence electrons. The molecule has 0 aliphatic heterocycles. The van der Waals surface area contributed by atoms with E-state index in [9.17, 15) is 48.6 Å². The normalized spacial score (nSPS) is 14.3. The summed E-state index contributed by atoms with van der Waals surface area (Å²) < 4.78 is 5.61. The number of unbranched alkanes of at least 4 members (excludes halogenated alkanes) is 1. The third-order valence-corrected chi connectivity index (χ3v) is 13.4. The van der Waals surface area contributed by atoms with Crippen LogP contribution in [0.15, 0.2) is 69.7 Å². The average Bonchev–Trinajstić information content (AvgIpc) is 3.86. The predicted octanol–water partition coefficient (Wildman–Crippen LogP) is -3.70. The topological polar surface area (TPSA) is 505 Å². The molecule has 1 unspecified atom stereocenters. The highest BCUT2D eigenvalue weighted by Crippen LogP contribution is 2.20. The summed E-state index contributed by atoms with van der Waals surface area (Å²) in [6.07, 6.45) is 1.81. The van der Waals surface area contributed by atoms with Crippen molar-refractivity contribution in [1.82, 2.24) is 42.2 Å². The number of amides is 7. The van der Waals surface area contributed by atoms with Gasteiger partial charge in [-0.15, -0.1) is 0 Å². The summed E-state index contributed by atoms with van der Waals surface area (Å²) >= 11 is 8.39. The number of carbonyl (C=O) groups is 8. The minimum Gasteiger partial charge on any atom is -0.508 e. The van der Waals surface area contributed by atoms with Crippen molar-refractivity contribution >= 4 is 101 Å². The Morgan fingerprint density at radius 1 is 0.585 bits per heavy atom. The predicted molar refractivity (Wildman–Crippen MR) is 316 cm³/mol. The molecule has 7 amide bonds. The van der Waals surface area contributed by atoms with Gasteiger partial charge >= 0.3 is 5.97 Å². The van der Waals surface area contributed by atoms with Gasteiger partial charge in [0.05, 0.1) is 18.7 Å². The molecule has 0 bridgehead atoms. The molecule has 0 saturated heterocycles. The minimum atomic E-state index is -1.59. The molecule has 29 nitrogen and oxygen atoms in total. The van der Waals surface area contributed by atoms with Crippen LogP contribution in [0.3, 0.4) is 0 Å².